The van der Waals surface area contributed by atoms with Crippen LogP contribution in [0.15, 0.2) is 28.7 Å². The van der Waals surface area contributed by atoms with Crippen molar-refractivity contribution in [3.8, 4) is 0 Å². The summed E-state index contributed by atoms with van der Waals surface area (Å²) in [5.74, 6) is 0. The van der Waals surface area contributed by atoms with Gasteiger partial charge in [0.15, 0.2) is 0 Å². The molecule has 4 heteroatoms. The van der Waals surface area contributed by atoms with E-state index in [2.05, 4.69) is 69.4 Å². The van der Waals surface area contributed by atoms with Gasteiger partial charge in [0, 0.05) is 43.2 Å². The molecule has 1 atom stereocenters. The van der Waals surface area contributed by atoms with Crippen molar-refractivity contribution in [3.63, 3.8) is 0 Å². The first-order valence-electron chi connectivity index (χ1n) is 6.99. The molecule has 0 radical (unpaired) electrons. The third kappa shape index (κ3) is 4.88. The van der Waals surface area contributed by atoms with E-state index in [1.165, 1.54) is 5.56 Å². The number of nitrogens with zero attached hydrogens (tertiary/aromatic N) is 2. The number of nitrogens with one attached hydrogen (secondary N) is 1. The van der Waals surface area contributed by atoms with Gasteiger partial charge in [-0.25, -0.2) is 0 Å². The van der Waals surface area contributed by atoms with Gasteiger partial charge in [-0.3, -0.25) is 4.90 Å². The van der Waals surface area contributed by atoms with Gasteiger partial charge in [0.05, 0.1) is 0 Å². The second-order valence-electron chi connectivity index (χ2n) is 5.48. The van der Waals surface area contributed by atoms with Crippen LogP contribution in [0, 0.1) is 0 Å². The van der Waals surface area contributed by atoms with Crippen LogP contribution in [0.2, 0.25) is 0 Å². The number of halogens is 1. The largest absolute Gasteiger partial charge is 0.314 e. The first-order valence-corrected chi connectivity index (χ1v) is 7.78. The van der Waals surface area contributed by atoms with Gasteiger partial charge < -0.3 is 10.2 Å². The Morgan fingerprint density at radius 1 is 1.37 bits per heavy atom. The monoisotopic (exact) mass is 325 g/mol. The number of piperazine rings is 1. The minimum absolute atomic E-state index is 0.642. The second kappa shape index (κ2) is 7.39. The van der Waals surface area contributed by atoms with Crippen molar-refractivity contribution in [1.82, 2.24) is 15.1 Å². The van der Waals surface area contributed by atoms with Gasteiger partial charge >= 0.3 is 0 Å². The fourth-order valence-electron chi connectivity index (χ4n) is 2.49. The van der Waals surface area contributed by atoms with Gasteiger partial charge in [-0.15, -0.1) is 0 Å². The molecule has 0 saturated carbocycles. The fraction of sp³-hybridized carbons (Fsp3) is 0.600. The molecule has 0 bridgehead atoms. The summed E-state index contributed by atoms with van der Waals surface area (Å²) in [4.78, 5) is 4.91. The second-order valence-corrected chi connectivity index (χ2v) is 6.39. The van der Waals surface area contributed by atoms with E-state index in [0.717, 1.165) is 43.6 Å². The number of rotatable bonds is 5. The van der Waals surface area contributed by atoms with Crippen LogP contribution < -0.4 is 5.32 Å². The molecular formula is C15H24BrN3. The Kier molecular flexibility index (Phi) is 5.82. The van der Waals surface area contributed by atoms with Crippen LogP contribution >= 0.6 is 15.9 Å². The lowest BCUT2D eigenvalue weighted by molar-refractivity contribution is 0.153. The maximum atomic E-state index is 3.48. The molecule has 0 spiro atoms. The van der Waals surface area contributed by atoms with Gasteiger partial charge in [-0.2, -0.15) is 0 Å². The lowest BCUT2D eigenvalue weighted by atomic mass is 10.1. The maximum absolute atomic E-state index is 3.48. The van der Waals surface area contributed by atoms with Gasteiger partial charge in [-0.1, -0.05) is 28.1 Å². The number of hydrogen-bond donors (Lipinski definition) is 1. The van der Waals surface area contributed by atoms with E-state index in [-0.39, 0.29) is 0 Å². The average Bonchev–Trinajstić information content (AvgIpc) is 2.41. The van der Waals surface area contributed by atoms with Crippen molar-refractivity contribution in [2.45, 2.75) is 12.5 Å². The summed E-state index contributed by atoms with van der Waals surface area (Å²) in [6, 6.07) is 9.28. The highest BCUT2D eigenvalue weighted by Crippen LogP contribution is 2.11. The Hall–Kier alpha value is -0.420. The molecule has 1 unspecified atom stereocenters. The smallest absolute Gasteiger partial charge is 0.0345 e. The zero-order valence-corrected chi connectivity index (χ0v) is 13.5. The van der Waals surface area contributed by atoms with Crippen LogP contribution in [-0.4, -0.2) is 62.7 Å². The van der Waals surface area contributed by atoms with Crippen LogP contribution in [0.25, 0.3) is 0 Å². The molecule has 1 heterocycles. The highest BCUT2D eigenvalue weighted by molar-refractivity contribution is 9.10. The highest BCUT2D eigenvalue weighted by Gasteiger charge is 2.19. The summed E-state index contributed by atoms with van der Waals surface area (Å²) in [5, 5.41) is 3.48. The summed E-state index contributed by atoms with van der Waals surface area (Å²) < 4.78 is 1.15. The molecule has 1 fully saturated rings. The molecule has 1 N–H and O–H groups in total. The van der Waals surface area contributed by atoms with E-state index in [1.54, 1.807) is 0 Å². The van der Waals surface area contributed by atoms with E-state index in [4.69, 9.17) is 0 Å². The van der Waals surface area contributed by atoms with Crippen LogP contribution in [0.1, 0.15) is 5.56 Å². The molecule has 0 aromatic heterocycles. The van der Waals surface area contributed by atoms with Crippen molar-refractivity contribution in [2.75, 3.05) is 46.8 Å². The van der Waals surface area contributed by atoms with Crippen molar-refractivity contribution in [2.24, 2.45) is 0 Å². The van der Waals surface area contributed by atoms with Crippen molar-refractivity contribution < 1.29 is 0 Å². The number of benzene rings is 1. The fourth-order valence-corrected chi connectivity index (χ4v) is 2.75. The van der Waals surface area contributed by atoms with E-state index in [1.807, 2.05) is 0 Å². The van der Waals surface area contributed by atoms with Crippen molar-refractivity contribution in [3.05, 3.63) is 34.3 Å². The molecule has 0 amide bonds. The van der Waals surface area contributed by atoms with Crippen molar-refractivity contribution >= 4 is 15.9 Å². The Morgan fingerprint density at radius 3 is 2.79 bits per heavy atom. The van der Waals surface area contributed by atoms with Crippen LogP contribution in [0.4, 0.5) is 0 Å². The highest BCUT2D eigenvalue weighted by atomic mass is 79.9. The quantitative estimate of drug-likeness (QED) is 0.891. The molecule has 0 aliphatic carbocycles. The van der Waals surface area contributed by atoms with Gasteiger partial charge in [0.1, 0.15) is 0 Å². The molecule has 106 valence electrons. The zero-order chi connectivity index (χ0) is 13.7. The third-order valence-electron chi connectivity index (χ3n) is 3.86. The van der Waals surface area contributed by atoms with Gasteiger partial charge in [-0.05, 0) is 38.2 Å². The van der Waals surface area contributed by atoms with E-state index in [9.17, 15) is 0 Å². The van der Waals surface area contributed by atoms with Crippen molar-refractivity contribution in [1.29, 1.82) is 0 Å². The summed E-state index contributed by atoms with van der Waals surface area (Å²) in [7, 11) is 4.45. The first-order chi connectivity index (χ1) is 9.15. The van der Waals surface area contributed by atoms with Crippen LogP contribution in [-0.2, 0) is 6.42 Å². The molecular weight excluding hydrogens is 302 g/mol. The van der Waals surface area contributed by atoms with Gasteiger partial charge in [0.25, 0.3) is 0 Å². The minimum Gasteiger partial charge on any atom is -0.314 e. The zero-order valence-electron chi connectivity index (χ0n) is 11.9. The third-order valence-corrected chi connectivity index (χ3v) is 4.39. The molecule has 1 aromatic carbocycles. The average molecular weight is 326 g/mol. The predicted molar refractivity (Wildman–Crippen MR) is 84.6 cm³/mol. The molecule has 1 aromatic rings. The first kappa shape index (κ1) is 15.0. The molecule has 1 saturated heterocycles. The predicted octanol–water partition coefficient (Wildman–Crippen LogP) is 1.83. The normalized spacial score (nSPS) is 20.9. The van der Waals surface area contributed by atoms with Crippen LogP contribution in [0.5, 0.6) is 0 Å². The van der Waals surface area contributed by atoms with E-state index in [0.29, 0.717) is 6.04 Å². The Bertz CT molecular complexity index is 379. The molecule has 3 nitrogen and oxygen atoms in total. The maximum Gasteiger partial charge on any atom is 0.0345 e. The lowest BCUT2D eigenvalue weighted by Gasteiger charge is -2.35. The topological polar surface area (TPSA) is 18.5 Å². The number of hydrogen-bond acceptors (Lipinski definition) is 3. The Morgan fingerprint density at radius 2 is 2.11 bits per heavy atom. The minimum atomic E-state index is 0.642. The molecule has 2 rings (SSSR count). The van der Waals surface area contributed by atoms with E-state index >= 15 is 0 Å². The summed E-state index contributed by atoms with van der Waals surface area (Å²) in [6.45, 7) is 5.64. The van der Waals surface area contributed by atoms with E-state index < -0.39 is 0 Å². The standard InChI is InChI=1S/C15H24BrN3/c1-18(12-15-11-17-8-10-19(15)2)9-7-13-3-5-14(16)6-4-13/h3-6,15,17H,7-12H2,1-2H3. The Labute approximate surface area is 125 Å². The molecule has 1 aliphatic heterocycles. The number of likely N-dealkylation sites (N-methyl/N-ethyl adjacent to an activating group) is 2. The summed E-state index contributed by atoms with van der Waals surface area (Å²) >= 11 is 3.47. The van der Waals surface area contributed by atoms with Crippen LogP contribution in [0.3, 0.4) is 0 Å². The summed E-state index contributed by atoms with van der Waals surface area (Å²) in [5.41, 5.74) is 1.41. The molecule has 19 heavy (non-hydrogen) atoms. The Balaban J connectivity index is 1.74. The van der Waals surface area contributed by atoms with Gasteiger partial charge in [0.2, 0.25) is 0 Å². The molecule has 1 aliphatic rings. The SMILES string of the molecule is CN(CCc1ccc(Br)cc1)CC1CNCCN1C. The summed E-state index contributed by atoms with van der Waals surface area (Å²) in [6.07, 6.45) is 1.12. The lowest BCUT2D eigenvalue weighted by Crippen LogP contribution is -2.53.